The van der Waals surface area contributed by atoms with Crippen molar-refractivity contribution in [2.45, 2.75) is 18.2 Å². The van der Waals surface area contributed by atoms with E-state index >= 15 is 0 Å². The molecule has 0 aliphatic rings. The minimum absolute atomic E-state index is 0.0324. The van der Waals surface area contributed by atoms with Gasteiger partial charge in [0.2, 0.25) is 0 Å². The summed E-state index contributed by atoms with van der Waals surface area (Å²) >= 11 is 4.60. The van der Waals surface area contributed by atoms with Crippen LogP contribution < -0.4 is 5.32 Å². The predicted octanol–water partition coefficient (Wildman–Crippen LogP) is 4.27. The first kappa shape index (κ1) is 21.9. The average Bonchev–Trinajstić information content (AvgIpc) is 3.13. The molecule has 0 aliphatic heterocycles. The molecule has 1 amide bonds. The number of Topliss-reactive ketones (excluding diaryl/α,β-unsaturated/α-hetero) is 1. The highest BCUT2D eigenvalue weighted by atomic mass is 79.9. The van der Waals surface area contributed by atoms with Gasteiger partial charge in [0.1, 0.15) is 5.82 Å². The predicted molar refractivity (Wildman–Crippen MR) is 117 cm³/mol. The summed E-state index contributed by atoms with van der Waals surface area (Å²) in [6, 6.07) is 12.9. The van der Waals surface area contributed by atoms with E-state index in [0.717, 1.165) is 4.47 Å². The van der Waals surface area contributed by atoms with Gasteiger partial charge in [0.25, 0.3) is 5.91 Å². The van der Waals surface area contributed by atoms with Crippen molar-refractivity contribution in [1.82, 2.24) is 20.1 Å². The minimum Gasteiger partial charge on any atom is -0.345 e. The number of rotatable bonds is 9. The maximum Gasteiger partial charge on any atom is 0.254 e. The summed E-state index contributed by atoms with van der Waals surface area (Å²) in [5, 5.41) is 11.4. The van der Waals surface area contributed by atoms with E-state index in [1.807, 2.05) is 12.1 Å². The molecule has 1 heterocycles. The van der Waals surface area contributed by atoms with Gasteiger partial charge in [-0.25, -0.2) is 4.39 Å². The normalized spacial score (nSPS) is 10.6. The molecule has 0 spiro atoms. The van der Waals surface area contributed by atoms with Gasteiger partial charge in [0.15, 0.2) is 16.8 Å². The standard InChI is InChI=1S/C21H18BrFN4O2S/c1-2-11-27-19(12-24-20(29)16-5-3-4-6-17(16)23)25-26-21(27)30-13-18(28)14-7-9-15(22)10-8-14/h2-10H,1,11-13H2,(H,24,29). The van der Waals surface area contributed by atoms with E-state index in [-0.39, 0.29) is 23.6 Å². The van der Waals surface area contributed by atoms with Crippen LogP contribution in [-0.4, -0.2) is 32.2 Å². The summed E-state index contributed by atoms with van der Waals surface area (Å²) < 4.78 is 16.4. The summed E-state index contributed by atoms with van der Waals surface area (Å²) in [5.74, 6) is -0.488. The van der Waals surface area contributed by atoms with E-state index in [0.29, 0.717) is 23.1 Å². The first-order valence-electron chi connectivity index (χ1n) is 8.97. The van der Waals surface area contributed by atoms with Gasteiger partial charge in [-0.2, -0.15) is 0 Å². The molecular formula is C21H18BrFN4O2S. The smallest absolute Gasteiger partial charge is 0.254 e. The highest BCUT2D eigenvalue weighted by molar-refractivity contribution is 9.10. The van der Waals surface area contributed by atoms with Crippen LogP contribution in [0.5, 0.6) is 0 Å². The number of nitrogens with zero attached hydrogens (tertiary/aromatic N) is 3. The second kappa shape index (κ2) is 10.3. The van der Waals surface area contributed by atoms with E-state index in [9.17, 15) is 14.0 Å². The number of amides is 1. The molecule has 1 aromatic heterocycles. The summed E-state index contributed by atoms with van der Waals surface area (Å²) in [4.78, 5) is 24.6. The fourth-order valence-electron chi connectivity index (χ4n) is 2.62. The van der Waals surface area contributed by atoms with Crippen LogP contribution in [0.1, 0.15) is 26.5 Å². The lowest BCUT2D eigenvalue weighted by molar-refractivity contribution is 0.0944. The zero-order valence-electron chi connectivity index (χ0n) is 15.8. The van der Waals surface area contributed by atoms with Crippen molar-refractivity contribution in [2.24, 2.45) is 0 Å². The highest BCUT2D eigenvalue weighted by Crippen LogP contribution is 2.20. The Kier molecular flexibility index (Phi) is 7.53. The molecule has 0 aliphatic carbocycles. The summed E-state index contributed by atoms with van der Waals surface area (Å²) in [6.45, 7) is 4.20. The third kappa shape index (κ3) is 5.43. The van der Waals surface area contributed by atoms with E-state index in [1.165, 1.54) is 30.0 Å². The van der Waals surface area contributed by atoms with Gasteiger partial charge in [0, 0.05) is 16.6 Å². The van der Waals surface area contributed by atoms with Gasteiger partial charge >= 0.3 is 0 Å². The highest BCUT2D eigenvalue weighted by Gasteiger charge is 2.16. The Labute approximate surface area is 185 Å². The lowest BCUT2D eigenvalue weighted by Gasteiger charge is -2.09. The Morgan fingerprint density at radius 3 is 2.60 bits per heavy atom. The van der Waals surface area contributed by atoms with Gasteiger partial charge in [-0.15, -0.1) is 16.8 Å². The summed E-state index contributed by atoms with van der Waals surface area (Å²) in [6.07, 6.45) is 1.67. The lowest BCUT2D eigenvalue weighted by atomic mass is 10.2. The van der Waals surface area contributed by atoms with Crippen LogP contribution in [0.25, 0.3) is 0 Å². The van der Waals surface area contributed by atoms with Crippen LogP contribution in [-0.2, 0) is 13.1 Å². The van der Waals surface area contributed by atoms with Crippen molar-refractivity contribution < 1.29 is 14.0 Å². The fraction of sp³-hybridized carbons (Fsp3) is 0.143. The topological polar surface area (TPSA) is 76.9 Å². The van der Waals surface area contributed by atoms with Gasteiger partial charge in [0.05, 0.1) is 17.9 Å². The number of ketones is 1. The molecule has 3 aromatic rings. The van der Waals surface area contributed by atoms with Crippen molar-refractivity contribution in [3.8, 4) is 0 Å². The van der Waals surface area contributed by atoms with E-state index in [1.54, 1.807) is 28.8 Å². The molecule has 1 N–H and O–H groups in total. The first-order chi connectivity index (χ1) is 14.5. The number of nitrogens with one attached hydrogen (secondary N) is 1. The zero-order chi connectivity index (χ0) is 21.5. The Balaban J connectivity index is 1.66. The van der Waals surface area contributed by atoms with Crippen molar-refractivity contribution in [3.63, 3.8) is 0 Å². The van der Waals surface area contributed by atoms with Crippen molar-refractivity contribution in [1.29, 1.82) is 0 Å². The van der Waals surface area contributed by atoms with Crippen LogP contribution in [0.15, 0.2) is 70.8 Å². The number of hydrogen-bond donors (Lipinski definition) is 1. The minimum atomic E-state index is -0.592. The maximum absolute atomic E-state index is 13.8. The number of allylic oxidation sites excluding steroid dienone is 1. The largest absolute Gasteiger partial charge is 0.345 e. The molecule has 6 nitrogen and oxygen atoms in total. The van der Waals surface area contributed by atoms with Crippen molar-refractivity contribution >= 4 is 39.4 Å². The quantitative estimate of drug-likeness (QED) is 0.276. The van der Waals surface area contributed by atoms with Gasteiger partial charge < -0.3 is 9.88 Å². The molecule has 0 unspecified atom stereocenters. The molecule has 0 radical (unpaired) electrons. The third-order valence-corrected chi connectivity index (χ3v) is 5.62. The number of aromatic nitrogens is 3. The van der Waals surface area contributed by atoms with Gasteiger partial charge in [-0.05, 0) is 24.3 Å². The Morgan fingerprint density at radius 2 is 1.90 bits per heavy atom. The van der Waals surface area contributed by atoms with E-state index in [2.05, 4.69) is 38.0 Å². The third-order valence-electron chi connectivity index (χ3n) is 4.13. The number of halogens is 2. The monoisotopic (exact) mass is 488 g/mol. The number of carbonyl (C=O) groups excluding carboxylic acids is 2. The molecule has 30 heavy (non-hydrogen) atoms. The molecule has 0 saturated carbocycles. The van der Waals surface area contributed by atoms with Crippen LogP contribution in [0.3, 0.4) is 0 Å². The number of hydrogen-bond acceptors (Lipinski definition) is 5. The number of benzene rings is 2. The molecule has 0 saturated heterocycles. The molecule has 154 valence electrons. The number of thioether (sulfide) groups is 1. The number of carbonyl (C=O) groups is 2. The summed E-state index contributed by atoms with van der Waals surface area (Å²) in [5.41, 5.74) is 0.569. The Bertz CT molecular complexity index is 1070. The van der Waals surface area contributed by atoms with Crippen molar-refractivity contribution in [2.75, 3.05) is 5.75 Å². The maximum atomic E-state index is 13.8. The van der Waals surface area contributed by atoms with E-state index in [4.69, 9.17) is 0 Å². The second-order valence-electron chi connectivity index (χ2n) is 6.18. The van der Waals surface area contributed by atoms with Crippen LogP contribution in [0, 0.1) is 5.82 Å². The lowest BCUT2D eigenvalue weighted by Crippen LogP contribution is -2.25. The fourth-order valence-corrected chi connectivity index (χ4v) is 3.74. The van der Waals surface area contributed by atoms with E-state index < -0.39 is 11.7 Å². The molecule has 0 bridgehead atoms. The average molecular weight is 489 g/mol. The van der Waals surface area contributed by atoms with Crippen LogP contribution in [0.2, 0.25) is 0 Å². The molecule has 2 aromatic carbocycles. The molecule has 0 fully saturated rings. The first-order valence-corrected chi connectivity index (χ1v) is 10.7. The van der Waals surface area contributed by atoms with Crippen molar-refractivity contribution in [3.05, 3.63) is 88.4 Å². The SMILES string of the molecule is C=CCn1c(CNC(=O)c2ccccc2F)nnc1SCC(=O)c1ccc(Br)cc1. The van der Waals surface area contributed by atoms with Gasteiger partial charge in [-0.1, -0.05) is 58.0 Å². The zero-order valence-corrected chi connectivity index (χ0v) is 18.2. The molecule has 9 heteroatoms. The van der Waals surface area contributed by atoms with Gasteiger partial charge in [-0.3, -0.25) is 9.59 Å². The molecule has 3 rings (SSSR count). The van der Waals surface area contributed by atoms with Crippen LogP contribution >= 0.6 is 27.7 Å². The molecular weight excluding hydrogens is 471 g/mol. The molecule has 0 atom stereocenters. The Hall–Kier alpha value is -2.78. The Morgan fingerprint density at radius 1 is 1.17 bits per heavy atom. The summed E-state index contributed by atoms with van der Waals surface area (Å²) in [7, 11) is 0. The van der Waals surface area contributed by atoms with Crippen LogP contribution in [0.4, 0.5) is 4.39 Å². The second-order valence-corrected chi connectivity index (χ2v) is 8.04.